The van der Waals surface area contributed by atoms with Crippen molar-refractivity contribution in [2.45, 2.75) is 38.7 Å². The molecule has 0 radical (unpaired) electrons. The van der Waals surface area contributed by atoms with Crippen molar-refractivity contribution < 1.29 is 9.84 Å². The molecule has 0 aliphatic carbocycles. The van der Waals surface area contributed by atoms with E-state index < -0.39 is 0 Å². The summed E-state index contributed by atoms with van der Waals surface area (Å²) in [6, 6.07) is 0. The minimum atomic E-state index is 0.337. The number of ether oxygens (including phenoxy) is 1. The van der Waals surface area contributed by atoms with Crippen LogP contribution in [0, 0.1) is 5.92 Å². The molecule has 2 unspecified atom stereocenters. The van der Waals surface area contributed by atoms with E-state index in [0.717, 1.165) is 25.9 Å². The number of aliphatic hydroxyl groups is 1. The number of aliphatic hydroxyl groups excluding tert-OH is 1. The monoisotopic (exact) mass is 158 g/mol. The molecule has 0 aromatic rings. The normalized spacial score (nSPS) is 32.2. The van der Waals surface area contributed by atoms with E-state index in [1.165, 1.54) is 6.42 Å². The highest BCUT2D eigenvalue weighted by Crippen LogP contribution is 2.22. The average molecular weight is 158 g/mol. The van der Waals surface area contributed by atoms with Crippen molar-refractivity contribution in [1.29, 1.82) is 0 Å². The first kappa shape index (κ1) is 9.01. The van der Waals surface area contributed by atoms with E-state index in [4.69, 9.17) is 9.84 Å². The summed E-state index contributed by atoms with van der Waals surface area (Å²) in [6.07, 6.45) is 4.85. The molecule has 1 aliphatic heterocycles. The first-order valence-corrected chi connectivity index (χ1v) is 4.59. The maximum absolute atomic E-state index is 8.92. The summed E-state index contributed by atoms with van der Waals surface area (Å²) in [5, 5.41) is 8.92. The summed E-state index contributed by atoms with van der Waals surface area (Å²) in [4.78, 5) is 0. The minimum Gasteiger partial charge on any atom is -0.396 e. The second-order valence-electron chi connectivity index (χ2n) is 3.35. The van der Waals surface area contributed by atoms with Gasteiger partial charge in [0.25, 0.3) is 0 Å². The van der Waals surface area contributed by atoms with Crippen molar-refractivity contribution in [3.8, 4) is 0 Å². The topological polar surface area (TPSA) is 29.5 Å². The first-order valence-electron chi connectivity index (χ1n) is 4.59. The maximum Gasteiger partial charge on any atom is 0.0578 e. The van der Waals surface area contributed by atoms with Gasteiger partial charge in [0.05, 0.1) is 6.10 Å². The molecule has 1 N–H and O–H groups in total. The predicted octanol–water partition coefficient (Wildman–Crippen LogP) is 1.57. The SMILES string of the molecule is CCCC1CC(CO)CCO1. The largest absolute Gasteiger partial charge is 0.396 e. The summed E-state index contributed by atoms with van der Waals surface area (Å²) < 4.78 is 5.54. The smallest absolute Gasteiger partial charge is 0.0578 e. The first-order chi connectivity index (χ1) is 5.36. The quantitative estimate of drug-likeness (QED) is 0.675. The highest BCUT2D eigenvalue weighted by atomic mass is 16.5. The van der Waals surface area contributed by atoms with Gasteiger partial charge in [0.2, 0.25) is 0 Å². The fourth-order valence-corrected chi connectivity index (χ4v) is 1.65. The molecule has 1 rings (SSSR count). The highest BCUT2D eigenvalue weighted by Gasteiger charge is 2.20. The average Bonchev–Trinajstić information content (AvgIpc) is 2.06. The van der Waals surface area contributed by atoms with Crippen molar-refractivity contribution in [1.82, 2.24) is 0 Å². The fraction of sp³-hybridized carbons (Fsp3) is 1.00. The van der Waals surface area contributed by atoms with Crippen LogP contribution in [0.1, 0.15) is 32.6 Å². The minimum absolute atomic E-state index is 0.337. The van der Waals surface area contributed by atoms with Gasteiger partial charge in [-0.25, -0.2) is 0 Å². The zero-order valence-corrected chi connectivity index (χ0v) is 7.25. The molecule has 1 aliphatic rings. The molecule has 2 nitrogen and oxygen atoms in total. The molecule has 0 spiro atoms. The lowest BCUT2D eigenvalue weighted by atomic mass is 9.94. The summed E-state index contributed by atoms with van der Waals surface area (Å²) in [6.45, 7) is 3.35. The van der Waals surface area contributed by atoms with Crippen molar-refractivity contribution in [3.05, 3.63) is 0 Å². The summed E-state index contributed by atoms with van der Waals surface area (Å²) in [5.41, 5.74) is 0. The van der Waals surface area contributed by atoms with Crippen LogP contribution in [-0.4, -0.2) is 24.4 Å². The van der Waals surface area contributed by atoms with Crippen LogP contribution < -0.4 is 0 Å². The van der Waals surface area contributed by atoms with E-state index in [1.54, 1.807) is 0 Å². The molecule has 66 valence electrons. The number of hydrogen-bond acceptors (Lipinski definition) is 2. The van der Waals surface area contributed by atoms with Gasteiger partial charge < -0.3 is 9.84 Å². The van der Waals surface area contributed by atoms with Crippen LogP contribution in [-0.2, 0) is 4.74 Å². The zero-order valence-electron chi connectivity index (χ0n) is 7.25. The van der Waals surface area contributed by atoms with E-state index in [2.05, 4.69) is 6.92 Å². The molecule has 11 heavy (non-hydrogen) atoms. The molecule has 0 amide bonds. The number of hydrogen-bond donors (Lipinski definition) is 1. The Morgan fingerprint density at radius 2 is 2.36 bits per heavy atom. The van der Waals surface area contributed by atoms with E-state index in [1.807, 2.05) is 0 Å². The Kier molecular flexibility index (Phi) is 3.87. The van der Waals surface area contributed by atoms with E-state index in [9.17, 15) is 0 Å². The van der Waals surface area contributed by atoms with Crippen molar-refractivity contribution in [2.75, 3.05) is 13.2 Å². The number of rotatable bonds is 3. The van der Waals surface area contributed by atoms with Gasteiger partial charge in [0.1, 0.15) is 0 Å². The van der Waals surface area contributed by atoms with Gasteiger partial charge in [0, 0.05) is 13.2 Å². The van der Waals surface area contributed by atoms with Crippen LogP contribution in [0.15, 0.2) is 0 Å². The molecule has 1 heterocycles. The predicted molar refractivity (Wildman–Crippen MR) is 44.5 cm³/mol. The molecular weight excluding hydrogens is 140 g/mol. The van der Waals surface area contributed by atoms with Gasteiger partial charge in [-0.05, 0) is 25.2 Å². The Balaban J connectivity index is 2.21. The van der Waals surface area contributed by atoms with Crippen molar-refractivity contribution >= 4 is 0 Å². The van der Waals surface area contributed by atoms with Gasteiger partial charge in [-0.15, -0.1) is 0 Å². The van der Waals surface area contributed by atoms with Crippen molar-refractivity contribution in [3.63, 3.8) is 0 Å². The third-order valence-electron chi connectivity index (χ3n) is 2.34. The standard InChI is InChI=1S/C9H18O2/c1-2-3-9-6-8(7-10)4-5-11-9/h8-10H,2-7H2,1H3. The van der Waals surface area contributed by atoms with Crippen LogP contribution >= 0.6 is 0 Å². The van der Waals surface area contributed by atoms with Crippen LogP contribution in [0.5, 0.6) is 0 Å². The Hall–Kier alpha value is -0.0800. The van der Waals surface area contributed by atoms with Gasteiger partial charge >= 0.3 is 0 Å². The van der Waals surface area contributed by atoms with Gasteiger partial charge in [0.15, 0.2) is 0 Å². The van der Waals surface area contributed by atoms with Crippen molar-refractivity contribution in [2.24, 2.45) is 5.92 Å². The molecule has 0 aromatic carbocycles. The van der Waals surface area contributed by atoms with Crippen LogP contribution in [0.4, 0.5) is 0 Å². The molecule has 1 saturated heterocycles. The van der Waals surface area contributed by atoms with E-state index in [0.29, 0.717) is 18.6 Å². The van der Waals surface area contributed by atoms with Crippen LogP contribution in [0.3, 0.4) is 0 Å². The Morgan fingerprint density at radius 3 is 3.00 bits per heavy atom. The summed E-state index contributed by atoms with van der Waals surface area (Å²) in [7, 11) is 0. The molecule has 1 fully saturated rings. The molecule has 2 atom stereocenters. The third kappa shape index (κ3) is 2.80. The Morgan fingerprint density at radius 1 is 1.55 bits per heavy atom. The Bertz CT molecular complexity index is 102. The van der Waals surface area contributed by atoms with Gasteiger partial charge in [-0.3, -0.25) is 0 Å². The molecule has 0 saturated carbocycles. The lowest BCUT2D eigenvalue weighted by Gasteiger charge is -2.28. The fourth-order valence-electron chi connectivity index (χ4n) is 1.65. The van der Waals surface area contributed by atoms with Gasteiger partial charge in [-0.2, -0.15) is 0 Å². The second kappa shape index (κ2) is 4.73. The third-order valence-corrected chi connectivity index (χ3v) is 2.34. The summed E-state index contributed by atoms with van der Waals surface area (Å²) >= 11 is 0. The van der Waals surface area contributed by atoms with E-state index >= 15 is 0 Å². The van der Waals surface area contributed by atoms with Gasteiger partial charge in [-0.1, -0.05) is 13.3 Å². The van der Waals surface area contributed by atoms with E-state index in [-0.39, 0.29) is 0 Å². The highest BCUT2D eigenvalue weighted by molar-refractivity contribution is 4.70. The zero-order chi connectivity index (χ0) is 8.10. The second-order valence-corrected chi connectivity index (χ2v) is 3.35. The lowest BCUT2D eigenvalue weighted by molar-refractivity contribution is -0.0250. The lowest BCUT2D eigenvalue weighted by Crippen LogP contribution is -2.27. The molecular formula is C9H18O2. The molecule has 0 bridgehead atoms. The summed E-state index contributed by atoms with van der Waals surface area (Å²) in [5.74, 6) is 0.500. The maximum atomic E-state index is 8.92. The molecule has 2 heteroatoms. The molecule has 0 aromatic heterocycles. The Labute approximate surface area is 68.6 Å². The van der Waals surface area contributed by atoms with Crippen LogP contribution in [0.25, 0.3) is 0 Å². The van der Waals surface area contributed by atoms with Crippen LogP contribution in [0.2, 0.25) is 0 Å².